The monoisotopic (exact) mass is 418 g/mol. The zero-order valence-electron chi connectivity index (χ0n) is 15.8. The molecule has 1 fully saturated rings. The highest BCUT2D eigenvalue weighted by atomic mass is 35.5. The van der Waals surface area contributed by atoms with Crippen LogP contribution in [-0.2, 0) is 11.2 Å². The van der Waals surface area contributed by atoms with Crippen molar-refractivity contribution in [3.63, 3.8) is 0 Å². The Labute approximate surface area is 173 Å². The topological polar surface area (TPSA) is 106 Å². The molecule has 9 heteroatoms. The molecule has 3 N–H and O–H groups in total. The number of benzene rings is 1. The third-order valence-electron chi connectivity index (χ3n) is 4.84. The van der Waals surface area contributed by atoms with Crippen LogP contribution in [-0.4, -0.2) is 71.2 Å². The number of carbonyl (C=O) groups excluding carboxylic acids is 1. The van der Waals surface area contributed by atoms with Gasteiger partial charge in [0.05, 0.1) is 11.9 Å². The highest BCUT2D eigenvalue weighted by Crippen LogP contribution is 2.23. The molecule has 0 spiro atoms. The number of hydrogen-bond acceptors (Lipinski definition) is 6. The van der Waals surface area contributed by atoms with Gasteiger partial charge in [-0.2, -0.15) is 0 Å². The Hall–Kier alpha value is -2.84. The smallest absolute Gasteiger partial charge is 0.322 e. The number of carboxylic acid groups (broad SMARTS) is 1. The number of carbonyl (C=O) groups is 2. The summed E-state index contributed by atoms with van der Waals surface area (Å²) >= 11 is 5.92. The molecule has 0 aliphatic carbocycles. The number of amides is 1. The van der Waals surface area contributed by atoms with Gasteiger partial charge < -0.3 is 20.4 Å². The molecule has 1 aromatic heterocycles. The van der Waals surface area contributed by atoms with Crippen molar-refractivity contribution < 1.29 is 19.8 Å². The van der Waals surface area contributed by atoms with E-state index in [4.69, 9.17) is 16.7 Å². The lowest BCUT2D eigenvalue weighted by Gasteiger charge is -2.36. The zero-order chi connectivity index (χ0) is 20.8. The summed E-state index contributed by atoms with van der Waals surface area (Å²) in [6.45, 7) is 3.77. The lowest BCUT2D eigenvalue weighted by Crippen LogP contribution is -2.47. The van der Waals surface area contributed by atoms with Crippen molar-refractivity contribution in [2.75, 3.05) is 44.2 Å². The fraction of sp³-hybridized carbons (Fsp3) is 0.350. The summed E-state index contributed by atoms with van der Waals surface area (Å²) in [7, 11) is 0. The van der Waals surface area contributed by atoms with Crippen molar-refractivity contribution in [1.29, 1.82) is 0 Å². The SMILES string of the molecule is O=C(O)CNC(=O)c1ncc(N2CCN(CCc3ccc(Cl)cc3)CC2)cc1O. The summed E-state index contributed by atoms with van der Waals surface area (Å²) in [5.41, 5.74) is 1.80. The van der Waals surface area contributed by atoms with Crippen molar-refractivity contribution >= 4 is 29.2 Å². The van der Waals surface area contributed by atoms with Crippen LogP contribution in [0.3, 0.4) is 0 Å². The molecule has 0 bridgehead atoms. The molecule has 2 aromatic rings. The predicted octanol–water partition coefficient (Wildman–Crippen LogP) is 1.62. The Morgan fingerprint density at radius 1 is 1.14 bits per heavy atom. The van der Waals surface area contributed by atoms with E-state index in [1.54, 1.807) is 0 Å². The molecular weight excluding hydrogens is 396 g/mol. The number of rotatable bonds is 7. The molecule has 0 radical (unpaired) electrons. The minimum absolute atomic E-state index is 0.184. The second-order valence-electron chi connectivity index (χ2n) is 6.84. The summed E-state index contributed by atoms with van der Waals surface area (Å²) < 4.78 is 0. The summed E-state index contributed by atoms with van der Waals surface area (Å²) in [5.74, 6) is -2.15. The zero-order valence-corrected chi connectivity index (χ0v) is 16.6. The number of pyridine rings is 1. The number of halogens is 1. The first-order chi connectivity index (χ1) is 13.9. The van der Waals surface area contributed by atoms with Crippen LogP contribution >= 0.6 is 11.6 Å². The van der Waals surface area contributed by atoms with Crippen molar-refractivity contribution in [2.45, 2.75) is 6.42 Å². The number of hydrogen-bond donors (Lipinski definition) is 3. The maximum atomic E-state index is 11.9. The van der Waals surface area contributed by atoms with Crippen molar-refractivity contribution in [2.24, 2.45) is 0 Å². The largest absolute Gasteiger partial charge is 0.505 e. The molecule has 0 unspecified atom stereocenters. The van der Waals surface area contributed by atoms with Crippen LogP contribution in [0.2, 0.25) is 5.02 Å². The van der Waals surface area contributed by atoms with Gasteiger partial charge in [-0.15, -0.1) is 0 Å². The van der Waals surface area contributed by atoms with E-state index in [2.05, 4.69) is 20.1 Å². The number of aliphatic carboxylic acids is 1. The Kier molecular flexibility index (Phi) is 6.90. The number of nitrogens with one attached hydrogen (secondary N) is 1. The summed E-state index contributed by atoms with van der Waals surface area (Å²) in [4.78, 5) is 30.9. The maximum absolute atomic E-state index is 11.9. The summed E-state index contributed by atoms with van der Waals surface area (Å²) in [5, 5.41) is 21.7. The molecule has 1 aromatic carbocycles. The third kappa shape index (κ3) is 5.82. The molecule has 1 aliphatic heterocycles. The molecule has 0 saturated carbocycles. The van der Waals surface area contributed by atoms with Crippen LogP contribution in [0, 0.1) is 0 Å². The quantitative estimate of drug-likeness (QED) is 0.627. The van der Waals surface area contributed by atoms with Crippen LogP contribution in [0.5, 0.6) is 5.75 Å². The number of aromatic nitrogens is 1. The van der Waals surface area contributed by atoms with E-state index in [1.807, 2.05) is 24.3 Å². The minimum Gasteiger partial charge on any atom is -0.505 e. The van der Waals surface area contributed by atoms with Crippen LogP contribution in [0.25, 0.3) is 0 Å². The highest BCUT2D eigenvalue weighted by molar-refractivity contribution is 6.30. The maximum Gasteiger partial charge on any atom is 0.322 e. The van der Waals surface area contributed by atoms with Gasteiger partial charge in [0.15, 0.2) is 5.69 Å². The lowest BCUT2D eigenvalue weighted by molar-refractivity contribution is -0.135. The van der Waals surface area contributed by atoms with E-state index in [1.165, 1.54) is 17.8 Å². The van der Waals surface area contributed by atoms with Crippen LogP contribution in [0.4, 0.5) is 5.69 Å². The summed E-state index contributed by atoms with van der Waals surface area (Å²) in [6, 6.07) is 9.38. The van der Waals surface area contributed by atoms with E-state index in [9.17, 15) is 14.7 Å². The van der Waals surface area contributed by atoms with Gasteiger partial charge >= 0.3 is 5.97 Å². The number of carboxylic acids is 1. The predicted molar refractivity (Wildman–Crippen MR) is 110 cm³/mol. The Bertz CT molecular complexity index is 867. The van der Waals surface area contributed by atoms with Gasteiger partial charge in [-0.25, -0.2) is 4.98 Å². The van der Waals surface area contributed by atoms with Crippen molar-refractivity contribution in [3.8, 4) is 5.75 Å². The molecule has 3 rings (SSSR count). The van der Waals surface area contributed by atoms with Gasteiger partial charge in [0.25, 0.3) is 5.91 Å². The van der Waals surface area contributed by atoms with Gasteiger partial charge in [0.1, 0.15) is 12.3 Å². The number of aromatic hydroxyl groups is 1. The Balaban J connectivity index is 1.51. The first-order valence-electron chi connectivity index (χ1n) is 9.33. The number of anilines is 1. The average molecular weight is 419 g/mol. The van der Waals surface area contributed by atoms with Gasteiger partial charge in [-0.3, -0.25) is 14.5 Å². The lowest BCUT2D eigenvalue weighted by atomic mass is 10.1. The van der Waals surface area contributed by atoms with E-state index in [0.717, 1.165) is 49.9 Å². The second kappa shape index (κ2) is 9.58. The van der Waals surface area contributed by atoms with E-state index >= 15 is 0 Å². The molecule has 29 heavy (non-hydrogen) atoms. The highest BCUT2D eigenvalue weighted by Gasteiger charge is 2.20. The normalized spacial score (nSPS) is 14.6. The molecule has 0 atom stereocenters. The fourth-order valence-electron chi connectivity index (χ4n) is 3.20. The third-order valence-corrected chi connectivity index (χ3v) is 5.09. The van der Waals surface area contributed by atoms with Crippen LogP contribution < -0.4 is 10.2 Å². The number of piperazine rings is 1. The van der Waals surface area contributed by atoms with Crippen LogP contribution in [0.1, 0.15) is 16.1 Å². The van der Waals surface area contributed by atoms with E-state index < -0.39 is 18.4 Å². The first-order valence-corrected chi connectivity index (χ1v) is 9.71. The van der Waals surface area contributed by atoms with Crippen LogP contribution in [0.15, 0.2) is 36.5 Å². The van der Waals surface area contributed by atoms with Crippen molar-refractivity contribution in [1.82, 2.24) is 15.2 Å². The molecule has 1 saturated heterocycles. The average Bonchev–Trinajstić information content (AvgIpc) is 2.72. The molecule has 1 amide bonds. The first kappa shape index (κ1) is 20.9. The second-order valence-corrected chi connectivity index (χ2v) is 7.28. The molecule has 1 aliphatic rings. The van der Waals surface area contributed by atoms with Gasteiger partial charge in [0.2, 0.25) is 0 Å². The molecular formula is C20H23ClN4O4. The molecule has 154 valence electrons. The molecule has 2 heterocycles. The minimum atomic E-state index is -1.16. The Morgan fingerprint density at radius 2 is 1.83 bits per heavy atom. The summed E-state index contributed by atoms with van der Waals surface area (Å²) in [6.07, 6.45) is 2.48. The van der Waals surface area contributed by atoms with Gasteiger partial charge in [-0.1, -0.05) is 23.7 Å². The van der Waals surface area contributed by atoms with Gasteiger partial charge in [0, 0.05) is 43.8 Å². The number of nitrogens with zero attached hydrogens (tertiary/aromatic N) is 3. The standard InChI is InChI=1S/C20H23ClN4O4/c21-15-3-1-14(2-4-15)5-6-24-7-9-25(10-8-24)16-11-17(26)19(22-12-16)20(29)23-13-18(27)28/h1-4,11-12,26H,5-10,13H2,(H,23,29)(H,27,28). The van der Waals surface area contributed by atoms with E-state index in [-0.39, 0.29) is 11.4 Å². The molecule has 8 nitrogen and oxygen atoms in total. The Morgan fingerprint density at radius 3 is 2.45 bits per heavy atom. The van der Waals surface area contributed by atoms with E-state index in [0.29, 0.717) is 0 Å². The van der Waals surface area contributed by atoms with Gasteiger partial charge in [-0.05, 0) is 24.1 Å². The fourth-order valence-corrected chi connectivity index (χ4v) is 3.32. The van der Waals surface area contributed by atoms with Crippen molar-refractivity contribution in [3.05, 3.63) is 52.8 Å².